The highest BCUT2D eigenvalue weighted by Gasteiger charge is 2.34. The lowest BCUT2D eigenvalue weighted by Gasteiger charge is -2.32. The molecular formula is C17H18O7S. The van der Waals surface area contributed by atoms with E-state index in [4.69, 9.17) is 9.84 Å². The van der Waals surface area contributed by atoms with Crippen LogP contribution in [0.4, 0.5) is 0 Å². The summed E-state index contributed by atoms with van der Waals surface area (Å²) in [5.74, 6) is -0.490. The van der Waals surface area contributed by atoms with E-state index < -0.39 is 12.2 Å². The topological polar surface area (TPSA) is 131 Å². The maximum atomic E-state index is 10.5. The van der Waals surface area contributed by atoms with Gasteiger partial charge in [0.2, 0.25) is 0 Å². The summed E-state index contributed by atoms with van der Waals surface area (Å²) in [6.07, 6.45) is -1.79. The zero-order chi connectivity index (χ0) is 18.1. The lowest BCUT2D eigenvalue weighted by molar-refractivity contribution is 0.0181. The summed E-state index contributed by atoms with van der Waals surface area (Å²) in [6.45, 7) is -0.127. The molecule has 6 N–H and O–H groups in total. The summed E-state index contributed by atoms with van der Waals surface area (Å²) in [5, 5.41) is 58.9. The number of aromatic hydroxyl groups is 4. The van der Waals surface area contributed by atoms with Gasteiger partial charge in [-0.2, -0.15) is 0 Å². The fourth-order valence-electron chi connectivity index (χ4n) is 2.83. The predicted octanol–water partition coefficient (Wildman–Crippen LogP) is 1.63. The normalized spacial score (nSPS) is 19.3. The molecule has 1 aliphatic heterocycles. The molecule has 1 heterocycles. The van der Waals surface area contributed by atoms with E-state index >= 15 is 0 Å². The van der Waals surface area contributed by atoms with Crippen LogP contribution in [-0.2, 0) is 6.42 Å². The van der Waals surface area contributed by atoms with E-state index in [0.29, 0.717) is 16.0 Å². The molecule has 8 heteroatoms. The number of fused-ring (bicyclic) bond motifs is 1. The maximum Gasteiger partial charge on any atom is 0.171 e. The van der Waals surface area contributed by atoms with Gasteiger partial charge in [-0.05, 0) is 6.07 Å². The first-order valence-corrected chi connectivity index (χ1v) is 8.59. The molecular weight excluding hydrogens is 348 g/mol. The van der Waals surface area contributed by atoms with Gasteiger partial charge in [0.15, 0.2) is 17.6 Å². The van der Waals surface area contributed by atoms with Gasteiger partial charge < -0.3 is 35.4 Å². The number of phenolic OH excluding ortho intramolecular Hbond substituents is 4. The van der Waals surface area contributed by atoms with Gasteiger partial charge in [0, 0.05) is 35.4 Å². The van der Waals surface area contributed by atoms with E-state index in [1.54, 1.807) is 0 Å². The Hall–Kier alpha value is -2.29. The standard InChI is InChI=1S/C17H18O7S/c18-3-4-25-17-9(1-2-11(20)15(17)23)16-13(22)7-10-12(21)5-8(19)6-14(10)24-16/h1-2,5-6,13,16,18-23H,3-4,7H2. The van der Waals surface area contributed by atoms with Gasteiger partial charge in [-0.1, -0.05) is 6.07 Å². The first-order chi connectivity index (χ1) is 11.9. The molecule has 0 radical (unpaired) electrons. The van der Waals surface area contributed by atoms with Crippen LogP contribution in [0.5, 0.6) is 28.7 Å². The van der Waals surface area contributed by atoms with Gasteiger partial charge in [-0.25, -0.2) is 0 Å². The average molecular weight is 366 g/mol. The Morgan fingerprint density at radius 2 is 1.84 bits per heavy atom. The van der Waals surface area contributed by atoms with Crippen LogP contribution in [-0.4, -0.2) is 49.1 Å². The molecule has 2 aromatic rings. The van der Waals surface area contributed by atoms with E-state index in [1.165, 1.54) is 24.3 Å². The van der Waals surface area contributed by atoms with Crippen LogP contribution >= 0.6 is 11.8 Å². The smallest absolute Gasteiger partial charge is 0.171 e. The fourth-order valence-corrected chi connectivity index (χ4v) is 3.72. The van der Waals surface area contributed by atoms with E-state index in [2.05, 4.69) is 0 Å². The lowest BCUT2D eigenvalue weighted by Crippen LogP contribution is -2.30. The van der Waals surface area contributed by atoms with E-state index in [0.717, 1.165) is 11.8 Å². The number of aliphatic hydroxyl groups excluding tert-OH is 2. The molecule has 0 aliphatic carbocycles. The van der Waals surface area contributed by atoms with E-state index in [9.17, 15) is 25.5 Å². The minimum Gasteiger partial charge on any atom is -0.508 e. The number of rotatable bonds is 4. The number of benzene rings is 2. The molecule has 0 amide bonds. The number of hydrogen-bond acceptors (Lipinski definition) is 8. The van der Waals surface area contributed by atoms with Crippen molar-refractivity contribution in [3.05, 3.63) is 35.4 Å². The van der Waals surface area contributed by atoms with E-state index in [1.807, 2.05) is 0 Å². The predicted molar refractivity (Wildman–Crippen MR) is 90.4 cm³/mol. The Bertz CT molecular complexity index is 793. The molecule has 7 nitrogen and oxygen atoms in total. The molecule has 2 atom stereocenters. The molecule has 0 fully saturated rings. The first kappa shape index (κ1) is 17.5. The molecule has 1 aliphatic rings. The maximum absolute atomic E-state index is 10.5. The largest absolute Gasteiger partial charge is 0.508 e. The van der Waals surface area contributed by atoms with Crippen molar-refractivity contribution in [1.82, 2.24) is 0 Å². The fraction of sp³-hybridized carbons (Fsp3) is 0.294. The number of hydrogen-bond donors (Lipinski definition) is 6. The molecule has 3 rings (SSSR count). The van der Waals surface area contributed by atoms with Crippen LogP contribution in [0.3, 0.4) is 0 Å². The van der Waals surface area contributed by atoms with Gasteiger partial charge in [-0.3, -0.25) is 0 Å². The number of aliphatic hydroxyl groups is 2. The van der Waals surface area contributed by atoms with Crippen LogP contribution in [0, 0.1) is 0 Å². The third kappa shape index (κ3) is 3.28. The summed E-state index contributed by atoms with van der Waals surface area (Å²) >= 11 is 1.12. The molecule has 25 heavy (non-hydrogen) atoms. The Labute approximate surface area is 147 Å². The van der Waals surface area contributed by atoms with Crippen molar-refractivity contribution >= 4 is 11.8 Å². The number of phenols is 4. The summed E-state index contributed by atoms with van der Waals surface area (Å²) in [4.78, 5) is 0.297. The average Bonchev–Trinajstić information content (AvgIpc) is 2.56. The summed E-state index contributed by atoms with van der Waals surface area (Å²) in [6, 6.07) is 5.33. The highest BCUT2D eigenvalue weighted by molar-refractivity contribution is 7.99. The molecule has 0 aromatic heterocycles. The zero-order valence-electron chi connectivity index (χ0n) is 13.1. The molecule has 0 spiro atoms. The molecule has 134 valence electrons. The SMILES string of the molecule is OCCSc1c(C2Oc3cc(O)cc(O)c3CC2O)ccc(O)c1O. The van der Waals surface area contributed by atoms with Crippen LogP contribution in [0.2, 0.25) is 0 Å². The minimum absolute atomic E-state index is 0.0951. The van der Waals surface area contributed by atoms with Crippen molar-refractivity contribution in [1.29, 1.82) is 0 Å². The quantitative estimate of drug-likeness (QED) is 0.356. The van der Waals surface area contributed by atoms with Gasteiger partial charge in [-0.15, -0.1) is 11.8 Å². The second-order valence-electron chi connectivity index (χ2n) is 5.68. The van der Waals surface area contributed by atoms with Gasteiger partial charge in [0.05, 0.1) is 17.6 Å². The van der Waals surface area contributed by atoms with Crippen molar-refractivity contribution in [2.24, 2.45) is 0 Å². The second-order valence-corrected chi connectivity index (χ2v) is 6.78. The summed E-state index contributed by atoms with van der Waals surface area (Å²) in [7, 11) is 0. The Balaban J connectivity index is 2.03. The number of thioether (sulfide) groups is 1. The molecule has 0 bridgehead atoms. The summed E-state index contributed by atoms with van der Waals surface area (Å²) < 4.78 is 5.77. The second kappa shape index (κ2) is 6.91. The van der Waals surface area contributed by atoms with Gasteiger partial charge in [0.1, 0.15) is 17.2 Å². The first-order valence-electron chi connectivity index (χ1n) is 7.60. The molecule has 0 saturated heterocycles. The highest BCUT2D eigenvalue weighted by Crippen LogP contribution is 2.46. The Morgan fingerprint density at radius 1 is 1.08 bits per heavy atom. The minimum atomic E-state index is -1.01. The molecule has 2 aromatic carbocycles. The van der Waals surface area contributed by atoms with Crippen LogP contribution in [0.1, 0.15) is 17.2 Å². The summed E-state index contributed by atoms with van der Waals surface area (Å²) in [5.41, 5.74) is 0.823. The molecule has 0 saturated carbocycles. The third-order valence-electron chi connectivity index (χ3n) is 3.97. The zero-order valence-corrected chi connectivity index (χ0v) is 13.9. The third-order valence-corrected chi connectivity index (χ3v) is 5.08. The van der Waals surface area contributed by atoms with Gasteiger partial charge in [0.25, 0.3) is 0 Å². The van der Waals surface area contributed by atoms with Crippen LogP contribution < -0.4 is 4.74 Å². The van der Waals surface area contributed by atoms with Crippen molar-refractivity contribution < 1.29 is 35.4 Å². The van der Waals surface area contributed by atoms with Gasteiger partial charge >= 0.3 is 0 Å². The Kier molecular flexibility index (Phi) is 4.85. The highest BCUT2D eigenvalue weighted by atomic mass is 32.2. The lowest BCUT2D eigenvalue weighted by atomic mass is 9.93. The van der Waals surface area contributed by atoms with E-state index in [-0.39, 0.29) is 47.5 Å². The Morgan fingerprint density at radius 3 is 2.56 bits per heavy atom. The monoisotopic (exact) mass is 366 g/mol. The molecule has 2 unspecified atom stereocenters. The number of ether oxygens (including phenoxy) is 1. The van der Waals surface area contributed by atoms with Crippen molar-refractivity contribution in [2.45, 2.75) is 23.5 Å². The van der Waals surface area contributed by atoms with Crippen LogP contribution in [0.25, 0.3) is 0 Å². The van der Waals surface area contributed by atoms with Crippen molar-refractivity contribution in [3.63, 3.8) is 0 Å². The van der Waals surface area contributed by atoms with Crippen molar-refractivity contribution in [3.8, 4) is 28.7 Å². The van der Waals surface area contributed by atoms with Crippen molar-refractivity contribution in [2.75, 3.05) is 12.4 Å². The van der Waals surface area contributed by atoms with Crippen LogP contribution in [0.15, 0.2) is 29.2 Å².